The van der Waals surface area contributed by atoms with Gasteiger partial charge in [0.15, 0.2) is 5.11 Å². The molecule has 1 aromatic carbocycles. The fourth-order valence-corrected chi connectivity index (χ4v) is 5.20. The number of hydrogen-bond acceptors (Lipinski definition) is 3. The molecular weight excluding hydrogens is 382 g/mol. The second kappa shape index (κ2) is 10.5. The maximum atomic E-state index is 10.6. The number of rotatable bonds is 9. The fraction of sp³-hybridized carbons (Fsp3) is 0.522. The second-order valence-electron chi connectivity index (χ2n) is 8.20. The summed E-state index contributed by atoms with van der Waals surface area (Å²) in [4.78, 5) is 10.6. The van der Waals surface area contributed by atoms with E-state index in [4.69, 9.17) is 17.3 Å². The standard InChI is InChI=1S/C23H31N3O2S/c1-16(25-26-23(29)24-19-9-5-4-6-10-19)22-18-14-13-17(15-18)20(22)11-7-2-3-8-12-21(27)28/h2,4-7,9-10,17-18,20,22H,3,8,11-15H2,1H3,(H,27,28)(H2,24,26,29)/b7-2-,25-16+/t17-,18+,20+,22+/m1/s1. The Balaban J connectivity index is 1.52. The van der Waals surface area contributed by atoms with Gasteiger partial charge in [0, 0.05) is 23.7 Å². The van der Waals surface area contributed by atoms with Crippen molar-refractivity contribution in [2.45, 2.75) is 51.9 Å². The number of anilines is 1. The normalized spacial score (nSPS) is 26.0. The van der Waals surface area contributed by atoms with Crippen molar-refractivity contribution in [2.75, 3.05) is 5.32 Å². The van der Waals surface area contributed by atoms with Gasteiger partial charge in [-0.3, -0.25) is 10.2 Å². The summed E-state index contributed by atoms with van der Waals surface area (Å²) in [5, 5.41) is 17.0. The number of carbonyl (C=O) groups is 1. The Morgan fingerprint density at radius 1 is 1.24 bits per heavy atom. The highest BCUT2D eigenvalue weighted by molar-refractivity contribution is 7.80. The minimum atomic E-state index is -0.717. The number of benzene rings is 1. The van der Waals surface area contributed by atoms with Crippen molar-refractivity contribution in [3.63, 3.8) is 0 Å². The quantitative estimate of drug-likeness (QED) is 0.170. The summed E-state index contributed by atoms with van der Waals surface area (Å²) >= 11 is 5.37. The lowest BCUT2D eigenvalue weighted by Crippen LogP contribution is -2.31. The number of hydrogen-bond donors (Lipinski definition) is 3. The topological polar surface area (TPSA) is 73.7 Å². The van der Waals surface area contributed by atoms with Gasteiger partial charge in [-0.05, 0) is 87.6 Å². The zero-order valence-corrected chi connectivity index (χ0v) is 17.8. The predicted octanol–water partition coefficient (Wildman–Crippen LogP) is 5.21. The van der Waals surface area contributed by atoms with Gasteiger partial charge in [0.2, 0.25) is 0 Å². The lowest BCUT2D eigenvalue weighted by atomic mass is 9.75. The third-order valence-electron chi connectivity index (χ3n) is 6.27. The first kappa shape index (κ1) is 21.5. The molecule has 3 rings (SSSR count). The molecule has 3 N–H and O–H groups in total. The molecular formula is C23H31N3O2S. The van der Waals surface area contributed by atoms with Gasteiger partial charge in [0.25, 0.3) is 0 Å². The third-order valence-corrected chi connectivity index (χ3v) is 6.47. The number of aliphatic carboxylic acids is 1. The van der Waals surface area contributed by atoms with E-state index in [1.54, 1.807) is 0 Å². The average molecular weight is 414 g/mol. The molecule has 0 radical (unpaired) electrons. The number of thiocarbonyl (C=S) groups is 1. The molecule has 2 saturated carbocycles. The number of carboxylic acids is 1. The van der Waals surface area contributed by atoms with Crippen molar-refractivity contribution in [3.8, 4) is 0 Å². The summed E-state index contributed by atoms with van der Waals surface area (Å²) < 4.78 is 0. The summed E-state index contributed by atoms with van der Waals surface area (Å²) in [5.74, 6) is 1.93. The molecule has 0 saturated heterocycles. The molecule has 2 aliphatic rings. The zero-order chi connectivity index (χ0) is 20.6. The maximum absolute atomic E-state index is 10.6. The van der Waals surface area contributed by atoms with Crippen LogP contribution in [0.4, 0.5) is 5.69 Å². The van der Waals surface area contributed by atoms with E-state index in [0.717, 1.165) is 36.1 Å². The summed E-state index contributed by atoms with van der Waals surface area (Å²) in [5.41, 5.74) is 5.10. The molecule has 29 heavy (non-hydrogen) atoms. The Morgan fingerprint density at radius 3 is 2.76 bits per heavy atom. The van der Waals surface area contributed by atoms with Crippen LogP contribution in [0.1, 0.15) is 51.9 Å². The molecule has 0 heterocycles. The fourth-order valence-electron chi connectivity index (χ4n) is 5.04. The largest absolute Gasteiger partial charge is 0.481 e. The monoisotopic (exact) mass is 413 g/mol. The van der Waals surface area contributed by atoms with E-state index in [2.05, 4.69) is 34.9 Å². The molecule has 2 aliphatic carbocycles. The van der Waals surface area contributed by atoms with E-state index in [0.29, 0.717) is 23.4 Å². The summed E-state index contributed by atoms with van der Waals surface area (Å²) in [6.45, 7) is 2.12. The molecule has 4 atom stereocenters. The Morgan fingerprint density at radius 2 is 2.00 bits per heavy atom. The molecule has 0 amide bonds. The number of nitrogens with one attached hydrogen (secondary N) is 2. The molecule has 0 aromatic heterocycles. The lowest BCUT2D eigenvalue weighted by Gasteiger charge is -2.30. The first-order valence-electron chi connectivity index (χ1n) is 10.6. The van der Waals surface area contributed by atoms with E-state index in [9.17, 15) is 4.79 Å². The highest BCUT2D eigenvalue weighted by atomic mass is 32.1. The summed E-state index contributed by atoms with van der Waals surface area (Å²) in [6, 6.07) is 9.85. The molecule has 156 valence electrons. The van der Waals surface area contributed by atoms with Crippen molar-refractivity contribution in [3.05, 3.63) is 42.5 Å². The van der Waals surface area contributed by atoms with Gasteiger partial charge in [0.05, 0.1) is 0 Å². The van der Waals surface area contributed by atoms with Crippen LogP contribution in [0, 0.1) is 23.7 Å². The van der Waals surface area contributed by atoms with Gasteiger partial charge in [0.1, 0.15) is 0 Å². The number of unbranched alkanes of at least 4 members (excludes halogenated alkanes) is 1. The molecule has 0 aliphatic heterocycles. The third kappa shape index (κ3) is 6.13. The van der Waals surface area contributed by atoms with Gasteiger partial charge in [-0.15, -0.1) is 0 Å². The molecule has 6 heteroatoms. The number of nitrogens with zero attached hydrogens (tertiary/aromatic N) is 1. The summed E-state index contributed by atoms with van der Waals surface area (Å²) in [6.07, 6.45) is 11.2. The van der Waals surface area contributed by atoms with Crippen LogP contribution in [-0.4, -0.2) is 21.9 Å². The van der Waals surface area contributed by atoms with Crippen LogP contribution in [0.15, 0.2) is 47.6 Å². The minimum Gasteiger partial charge on any atom is -0.481 e. The molecule has 2 bridgehead atoms. The lowest BCUT2D eigenvalue weighted by molar-refractivity contribution is -0.137. The van der Waals surface area contributed by atoms with Gasteiger partial charge in [-0.2, -0.15) is 5.10 Å². The van der Waals surface area contributed by atoms with Gasteiger partial charge in [-0.25, -0.2) is 0 Å². The number of para-hydroxylation sites is 1. The highest BCUT2D eigenvalue weighted by Crippen LogP contribution is 2.54. The van der Waals surface area contributed by atoms with Gasteiger partial charge >= 0.3 is 5.97 Å². The van der Waals surface area contributed by atoms with E-state index >= 15 is 0 Å². The number of allylic oxidation sites excluding steroid dienone is 2. The van der Waals surface area contributed by atoms with Gasteiger partial charge in [-0.1, -0.05) is 30.4 Å². The van der Waals surface area contributed by atoms with Crippen molar-refractivity contribution in [1.82, 2.24) is 5.43 Å². The predicted molar refractivity (Wildman–Crippen MR) is 122 cm³/mol. The zero-order valence-electron chi connectivity index (χ0n) is 17.0. The van der Waals surface area contributed by atoms with E-state index in [1.165, 1.54) is 19.3 Å². The summed E-state index contributed by atoms with van der Waals surface area (Å²) in [7, 11) is 0. The molecule has 2 fully saturated rings. The van der Waals surface area contributed by atoms with Crippen LogP contribution in [0.25, 0.3) is 0 Å². The van der Waals surface area contributed by atoms with E-state index in [-0.39, 0.29) is 6.42 Å². The number of hydrazone groups is 1. The Hall–Kier alpha value is -2.21. The number of carboxylic acid groups (broad SMARTS) is 1. The van der Waals surface area contributed by atoms with Crippen molar-refractivity contribution in [1.29, 1.82) is 0 Å². The number of fused-ring (bicyclic) bond motifs is 2. The smallest absolute Gasteiger partial charge is 0.303 e. The molecule has 0 unspecified atom stereocenters. The highest BCUT2D eigenvalue weighted by Gasteiger charge is 2.47. The van der Waals surface area contributed by atoms with Crippen LogP contribution in [0.2, 0.25) is 0 Å². The first-order chi connectivity index (χ1) is 14.0. The van der Waals surface area contributed by atoms with Crippen LogP contribution in [0.3, 0.4) is 0 Å². The molecule has 5 nitrogen and oxygen atoms in total. The van der Waals surface area contributed by atoms with Crippen LogP contribution < -0.4 is 10.7 Å². The SMILES string of the molecule is C/C(=N\NC(=S)Nc1ccccc1)[C@H]1[C@H]2CC[C@H](C2)[C@@H]1C/C=C\CCCC(=O)O. The first-order valence-corrected chi connectivity index (χ1v) is 11.0. The van der Waals surface area contributed by atoms with Crippen molar-refractivity contribution >= 4 is 34.7 Å². The van der Waals surface area contributed by atoms with E-state index in [1.807, 2.05) is 30.3 Å². The maximum Gasteiger partial charge on any atom is 0.303 e. The molecule has 1 aromatic rings. The Bertz CT molecular complexity index is 763. The van der Waals surface area contributed by atoms with Crippen molar-refractivity contribution in [2.24, 2.45) is 28.8 Å². The van der Waals surface area contributed by atoms with Crippen molar-refractivity contribution < 1.29 is 9.90 Å². The van der Waals surface area contributed by atoms with Crippen LogP contribution in [0.5, 0.6) is 0 Å². The Kier molecular flexibility index (Phi) is 7.81. The average Bonchev–Trinajstić information content (AvgIpc) is 3.31. The second-order valence-corrected chi connectivity index (χ2v) is 8.61. The minimum absolute atomic E-state index is 0.245. The van der Waals surface area contributed by atoms with Crippen LogP contribution >= 0.6 is 12.2 Å². The van der Waals surface area contributed by atoms with Gasteiger partial charge < -0.3 is 10.4 Å². The van der Waals surface area contributed by atoms with E-state index < -0.39 is 5.97 Å². The Labute approximate surface area is 178 Å². The molecule has 0 spiro atoms. The van der Waals surface area contributed by atoms with Crippen LogP contribution in [-0.2, 0) is 4.79 Å².